The van der Waals surface area contributed by atoms with Gasteiger partial charge in [-0.25, -0.2) is 0 Å². The molecular weight excluding hydrogens is 190 g/mol. The van der Waals surface area contributed by atoms with Gasteiger partial charge in [-0.1, -0.05) is 6.92 Å². The van der Waals surface area contributed by atoms with Crippen molar-refractivity contribution < 1.29 is 4.79 Å². The van der Waals surface area contributed by atoms with E-state index in [-0.39, 0.29) is 11.9 Å². The van der Waals surface area contributed by atoms with E-state index in [1.807, 2.05) is 25.3 Å². The zero-order chi connectivity index (χ0) is 11.4. The molecule has 0 atom stereocenters. The Kier molecular flexibility index (Phi) is 3.77. The van der Waals surface area contributed by atoms with Crippen LogP contribution in [0.2, 0.25) is 0 Å². The van der Waals surface area contributed by atoms with Gasteiger partial charge < -0.3 is 15.6 Å². The van der Waals surface area contributed by atoms with Crippen molar-refractivity contribution in [1.29, 1.82) is 0 Å². The number of hydrogen-bond acceptors (Lipinski definition) is 2. The summed E-state index contributed by atoms with van der Waals surface area (Å²) in [5.41, 5.74) is 6.95. The predicted octanol–water partition coefficient (Wildman–Crippen LogP) is 1.79. The van der Waals surface area contributed by atoms with Gasteiger partial charge in [0.05, 0.1) is 5.69 Å². The number of hydrogen-bond donors (Lipinski definition) is 2. The van der Waals surface area contributed by atoms with Crippen LogP contribution in [0.4, 0.5) is 5.69 Å². The van der Waals surface area contributed by atoms with Crippen molar-refractivity contribution in [2.45, 2.75) is 33.2 Å². The van der Waals surface area contributed by atoms with Crippen LogP contribution in [0.1, 0.15) is 43.7 Å². The molecule has 4 nitrogen and oxygen atoms in total. The number of amides is 1. The molecule has 0 aliphatic carbocycles. The van der Waals surface area contributed by atoms with Crippen LogP contribution in [0, 0.1) is 0 Å². The van der Waals surface area contributed by atoms with Crippen molar-refractivity contribution in [3.63, 3.8) is 0 Å². The van der Waals surface area contributed by atoms with Crippen LogP contribution in [0.25, 0.3) is 0 Å². The third-order valence-corrected chi connectivity index (χ3v) is 2.19. The molecule has 0 aliphatic heterocycles. The highest BCUT2D eigenvalue weighted by Gasteiger charge is 2.13. The highest BCUT2D eigenvalue weighted by Crippen LogP contribution is 2.16. The van der Waals surface area contributed by atoms with E-state index >= 15 is 0 Å². The molecule has 0 fully saturated rings. The highest BCUT2D eigenvalue weighted by molar-refractivity contribution is 5.93. The van der Waals surface area contributed by atoms with Crippen molar-refractivity contribution in [3.05, 3.63) is 18.0 Å². The molecule has 0 bridgehead atoms. The summed E-state index contributed by atoms with van der Waals surface area (Å²) in [6.45, 7) is 6.77. The number of nitrogen functional groups attached to an aromatic ring is 1. The van der Waals surface area contributed by atoms with E-state index < -0.39 is 0 Å². The first-order chi connectivity index (χ1) is 7.06. The molecule has 3 N–H and O–H groups in total. The number of nitrogens with zero attached hydrogens (tertiary/aromatic N) is 1. The van der Waals surface area contributed by atoms with Gasteiger partial charge in [0.15, 0.2) is 0 Å². The van der Waals surface area contributed by atoms with E-state index in [0.717, 1.165) is 6.42 Å². The molecule has 0 saturated carbocycles. The Bertz CT molecular complexity index is 342. The maximum atomic E-state index is 11.8. The summed E-state index contributed by atoms with van der Waals surface area (Å²) in [5.74, 6) is -0.0535. The summed E-state index contributed by atoms with van der Waals surface area (Å²) >= 11 is 0. The van der Waals surface area contributed by atoms with Crippen LogP contribution in [-0.2, 0) is 0 Å². The fourth-order valence-corrected chi connectivity index (χ4v) is 1.44. The van der Waals surface area contributed by atoms with Crippen molar-refractivity contribution >= 4 is 11.6 Å². The van der Waals surface area contributed by atoms with Crippen molar-refractivity contribution in [2.24, 2.45) is 0 Å². The minimum atomic E-state index is -0.0535. The van der Waals surface area contributed by atoms with Crippen molar-refractivity contribution in [2.75, 3.05) is 12.3 Å². The van der Waals surface area contributed by atoms with E-state index in [9.17, 15) is 4.79 Å². The molecule has 0 saturated heterocycles. The normalized spacial score (nSPS) is 10.7. The zero-order valence-electron chi connectivity index (χ0n) is 9.58. The van der Waals surface area contributed by atoms with Gasteiger partial charge in [0.25, 0.3) is 5.91 Å². The second kappa shape index (κ2) is 4.87. The van der Waals surface area contributed by atoms with Gasteiger partial charge in [0, 0.05) is 18.8 Å². The topological polar surface area (TPSA) is 60.1 Å². The van der Waals surface area contributed by atoms with Crippen LogP contribution in [0.3, 0.4) is 0 Å². The van der Waals surface area contributed by atoms with E-state index in [1.165, 1.54) is 0 Å². The average molecular weight is 209 g/mol. The number of rotatable bonds is 4. The fraction of sp³-hybridized carbons (Fsp3) is 0.545. The maximum absolute atomic E-state index is 11.8. The third kappa shape index (κ3) is 2.75. The first-order valence-corrected chi connectivity index (χ1v) is 5.31. The Morgan fingerprint density at radius 1 is 1.60 bits per heavy atom. The van der Waals surface area contributed by atoms with E-state index in [1.54, 1.807) is 12.3 Å². The zero-order valence-corrected chi connectivity index (χ0v) is 9.58. The molecule has 1 aromatic rings. The summed E-state index contributed by atoms with van der Waals surface area (Å²) in [6.07, 6.45) is 2.73. The predicted molar refractivity (Wildman–Crippen MR) is 61.9 cm³/mol. The molecule has 0 unspecified atom stereocenters. The molecule has 1 amide bonds. The van der Waals surface area contributed by atoms with Crippen LogP contribution in [0.15, 0.2) is 12.3 Å². The van der Waals surface area contributed by atoms with Gasteiger partial charge in [-0.3, -0.25) is 4.79 Å². The average Bonchev–Trinajstić information content (AvgIpc) is 2.57. The number of anilines is 1. The Morgan fingerprint density at radius 2 is 2.27 bits per heavy atom. The molecule has 0 radical (unpaired) electrons. The SMILES string of the molecule is CCCNC(=O)c1cc(N)cn1C(C)C. The smallest absolute Gasteiger partial charge is 0.267 e. The molecule has 84 valence electrons. The lowest BCUT2D eigenvalue weighted by Crippen LogP contribution is -2.26. The Labute approximate surface area is 90.5 Å². The largest absolute Gasteiger partial charge is 0.397 e. The molecular formula is C11H19N3O. The number of aromatic nitrogens is 1. The molecule has 1 heterocycles. The van der Waals surface area contributed by atoms with Gasteiger partial charge in [-0.05, 0) is 26.3 Å². The van der Waals surface area contributed by atoms with Gasteiger partial charge in [0.1, 0.15) is 5.69 Å². The minimum absolute atomic E-state index is 0.0535. The summed E-state index contributed by atoms with van der Waals surface area (Å²) in [4.78, 5) is 11.8. The summed E-state index contributed by atoms with van der Waals surface area (Å²) in [5, 5.41) is 2.84. The number of carbonyl (C=O) groups excluding carboxylic acids is 1. The maximum Gasteiger partial charge on any atom is 0.267 e. The van der Waals surface area contributed by atoms with Crippen molar-refractivity contribution in [1.82, 2.24) is 9.88 Å². The van der Waals surface area contributed by atoms with Crippen molar-refractivity contribution in [3.8, 4) is 0 Å². The lowest BCUT2D eigenvalue weighted by Gasteiger charge is -2.12. The minimum Gasteiger partial charge on any atom is -0.397 e. The second-order valence-electron chi connectivity index (χ2n) is 3.92. The molecule has 1 rings (SSSR count). The number of nitrogens with one attached hydrogen (secondary N) is 1. The molecule has 1 aromatic heterocycles. The second-order valence-corrected chi connectivity index (χ2v) is 3.92. The van der Waals surface area contributed by atoms with Crippen LogP contribution >= 0.6 is 0 Å². The lowest BCUT2D eigenvalue weighted by atomic mass is 10.3. The number of carbonyl (C=O) groups is 1. The van der Waals surface area contributed by atoms with Crippen LogP contribution in [0.5, 0.6) is 0 Å². The van der Waals surface area contributed by atoms with Crippen LogP contribution in [-0.4, -0.2) is 17.0 Å². The summed E-state index contributed by atoms with van der Waals surface area (Å²) < 4.78 is 1.89. The molecule has 4 heteroatoms. The Morgan fingerprint density at radius 3 is 2.80 bits per heavy atom. The summed E-state index contributed by atoms with van der Waals surface area (Å²) in [6, 6.07) is 1.95. The molecule has 0 aromatic carbocycles. The first kappa shape index (κ1) is 11.6. The fourth-order valence-electron chi connectivity index (χ4n) is 1.44. The Hall–Kier alpha value is -1.45. The quantitative estimate of drug-likeness (QED) is 0.794. The monoisotopic (exact) mass is 209 g/mol. The number of nitrogens with two attached hydrogens (primary N) is 1. The van der Waals surface area contributed by atoms with Gasteiger partial charge in [-0.15, -0.1) is 0 Å². The molecule has 0 aliphatic rings. The molecule has 15 heavy (non-hydrogen) atoms. The molecule has 0 spiro atoms. The summed E-state index contributed by atoms with van der Waals surface area (Å²) in [7, 11) is 0. The highest BCUT2D eigenvalue weighted by atomic mass is 16.1. The van der Waals surface area contributed by atoms with E-state index in [2.05, 4.69) is 5.32 Å². The lowest BCUT2D eigenvalue weighted by molar-refractivity contribution is 0.0943. The van der Waals surface area contributed by atoms with Gasteiger partial charge in [-0.2, -0.15) is 0 Å². The third-order valence-electron chi connectivity index (χ3n) is 2.19. The Balaban J connectivity index is 2.87. The van der Waals surface area contributed by atoms with Gasteiger partial charge >= 0.3 is 0 Å². The van der Waals surface area contributed by atoms with E-state index in [4.69, 9.17) is 5.73 Å². The standard InChI is InChI=1S/C11H19N3O/c1-4-5-13-11(15)10-6-9(12)7-14(10)8(2)3/h6-8H,4-5,12H2,1-3H3,(H,13,15). The van der Waals surface area contributed by atoms with Crippen LogP contribution < -0.4 is 11.1 Å². The van der Waals surface area contributed by atoms with Gasteiger partial charge in [0.2, 0.25) is 0 Å². The first-order valence-electron chi connectivity index (χ1n) is 5.31. The van der Waals surface area contributed by atoms with E-state index in [0.29, 0.717) is 17.9 Å².